The summed E-state index contributed by atoms with van der Waals surface area (Å²) in [5.41, 5.74) is 3.54. The number of carbonyl (C=O) groups excluding carboxylic acids is 1. The van der Waals surface area contributed by atoms with Crippen molar-refractivity contribution in [3.8, 4) is 0 Å². The second-order valence-electron chi connectivity index (χ2n) is 6.19. The lowest BCUT2D eigenvalue weighted by atomic mass is 10.0. The first-order chi connectivity index (χ1) is 13.0. The van der Waals surface area contributed by atoms with Gasteiger partial charge in [-0.1, -0.05) is 72.6 Å². The average molecular weight is 399 g/mol. The van der Waals surface area contributed by atoms with E-state index < -0.39 is 6.04 Å². The Labute approximate surface area is 169 Å². The van der Waals surface area contributed by atoms with Crippen molar-refractivity contribution < 1.29 is 4.79 Å². The first-order valence-electron chi connectivity index (χ1n) is 8.72. The fourth-order valence-electron chi connectivity index (χ4n) is 2.79. The van der Waals surface area contributed by atoms with Gasteiger partial charge in [0.25, 0.3) is 5.91 Å². The fraction of sp³-hybridized carbons (Fsp3) is 0.136. The highest BCUT2D eigenvalue weighted by Crippen LogP contribution is 2.25. The van der Waals surface area contributed by atoms with Crippen LogP contribution < -0.4 is 10.6 Å². The number of rotatable bonds is 6. The summed E-state index contributed by atoms with van der Waals surface area (Å²) in [5.74, 6) is -0.195. The third-order valence-electron chi connectivity index (χ3n) is 4.20. The molecular weight excluding hydrogens is 379 g/mol. The van der Waals surface area contributed by atoms with Gasteiger partial charge in [0, 0.05) is 21.4 Å². The molecule has 2 N–H and O–H groups in total. The first kappa shape index (κ1) is 19.3. The van der Waals surface area contributed by atoms with Gasteiger partial charge >= 0.3 is 0 Å². The summed E-state index contributed by atoms with van der Waals surface area (Å²) in [6.45, 7) is 2.11. The van der Waals surface area contributed by atoms with Crippen LogP contribution in [-0.4, -0.2) is 5.91 Å². The molecular formula is C22H20Cl2N2O. The predicted molar refractivity (Wildman–Crippen MR) is 114 cm³/mol. The molecule has 0 aromatic heterocycles. The Kier molecular flexibility index (Phi) is 6.38. The minimum Gasteiger partial charge on any atom is -0.370 e. The Morgan fingerprint density at radius 2 is 1.52 bits per heavy atom. The quantitative estimate of drug-likeness (QED) is 0.507. The van der Waals surface area contributed by atoms with E-state index in [1.807, 2.05) is 42.5 Å². The largest absolute Gasteiger partial charge is 0.370 e. The van der Waals surface area contributed by atoms with E-state index in [1.54, 1.807) is 18.2 Å². The van der Waals surface area contributed by atoms with Gasteiger partial charge in [0.2, 0.25) is 0 Å². The van der Waals surface area contributed by atoms with Gasteiger partial charge in [-0.15, -0.1) is 0 Å². The van der Waals surface area contributed by atoms with Crippen LogP contribution in [0.5, 0.6) is 0 Å². The molecule has 0 bridgehead atoms. The van der Waals surface area contributed by atoms with Crippen LogP contribution >= 0.6 is 23.2 Å². The predicted octanol–water partition coefficient (Wildman–Crippen LogP) is 6.35. The second kappa shape index (κ2) is 8.94. The highest BCUT2D eigenvalue weighted by atomic mass is 35.5. The van der Waals surface area contributed by atoms with Crippen LogP contribution in [0.15, 0.2) is 72.8 Å². The Morgan fingerprint density at radius 1 is 0.889 bits per heavy atom. The van der Waals surface area contributed by atoms with E-state index in [1.165, 1.54) is 5.56 Å². The zero-order valence-electron chi connectivity index (χ0n) is 14.9. The van der Waals surface area contributed by atoms with Crippen LogP contribution in [-0.2, 0) is 11.2 Å². The Hall–Kier alpha value is -2.49. The fourth-order valence-corrected chi connectivity index (χ4v) is 3.32. The number of hydrogen-bond acceptors (Lipinski definition) is 2. The number of hydrogen-bond donors (Lipinski definition) is 2. The minimum atomic E-state index is -0.559. The van der Waals surface area contributed by atoms with Crippen LogP contribution in [0.3, 0.4) is 0 Å². The monoisotopic (exact) mass is 398 g/mol. The summed E-state index contributed by atoms with van der Waals surface area (Å²) in [5, 5.41) is 7.15. The smallest absolute Gasteiger partial charge is 0.251 e. The van der Waals surface area contributed by atoms with E-state index in [0.717, 1.165) is 17.7 Å². The van der Waals surface area contributed by atoms with Crippen molar-refractivity contribution in [2.75, 3.05) is 10.6 Å². The zero-order valence-corrected chi connectivity index (χ0v) is 16.4. The molecule has 5 heteroatoms. The molecule has 0 fully saturated rings. The Balaban J connectivity index is 1.85. The number of anilines is 2. The SMILES string of the molecule is CCc1ccc(N[C@H](C(=O)Nc2cc(Cl)cc(Cl)c2)c2ccccc2)cc1. The van der Waals surface area contributed by atoms with Gasteiger partial charge in [-0.25, -0.2) is 0 Å². The molecule has 0 aliphatic rings. The molecule has 27 heavy (non-hydrogen) atoms. The van der Waals surface area contributed by atoms with Crippen LogP contribution in [0, 0.1) is 0 Å². The molecule has 0 saturated heterocycles. The number of nitrogens with one attached hydrogen (secondary N) is 2. The topological polar surface area (TPSA) is 41.1 Å². The van der Waals surface area contributed by atoms with E-state index in [9.17, 15) is 4.79 Å². The molecule has 138 valence electrons. The number of aryl methyl sites for hydroxylation is 1. The minimum absolute atomic E-state index is 0.195. The molecule has 0 radical (unpaired) electrons. The van der Waals surface area contributed by atoms with Crippen LogP contribution in [0.1, 0.15) is 24.1 Å². The van der Waals surface area contributed by atoms with Crippen LogP contribution in [0.25, 0.3) is 0 Å². The number of carbonyl (C=O) groups is 1. The average Bonchev–Trinajstić information content (AvgIpc) is 2.66. The molecule has 0 heterocycles. The lowest BCUT2D eigenvalue weighted by molar-refractivity contribution is -0.117. The normalized spacial score (nSPS) is 11.7. The van der Waals surface area contributed by atoms with E-state index in [-0.39, 0.29) is 5.91 Å². The lowest BCUT2D eigenvalue weighted by Crippen LogP contribution is -2.27. The molecule has 1 amide bonds. The maximum Gasteiger partial charge on any atom is 0.251 e. The van der Waals surface area contributed by atoms with Gasteiger partial charge in [-0.2, -0.15) is 0 Å². The van der Waals surface area contributed by atoms with Crippen molar-refractivity contribution in [2.45, 2.75) is 19.4 Å². The summed E-state index contributed by atoms with van der Waals surface area (Å²) < 4.78 is 0. The molecule has 0 unspecified atom stereocenters. The molecule has 0 aliphatic heterocycles. The van der Waals surface area contributed by atoms with Crippen molar-refractivity contribution in [2.24, 2.45) is 0 Å². The molecule has 3 aromatic carbocycles. The van der Waals surface area contributed by atoms with E-state index >= 15 is 0 Å². The third-order valence-corrected chi connectivity index (χ3v) is 4.63. The lowest BCUT2D eigenvalue weighted by Gasteiger charge is -2.20. The number of halogens is 2. The molecule has 3 aromatic rings. The molecule has 3 rings (SSSR count). The molecule has 0 spiro atoms. The summed E-state index contributed by atoms with van der Waals surface area (Å²) >= 11 is 12.1. The van der Waals surface area contributed by atoms with Gasteiger partial charge in [0.15, 0.2) is 0 Å². The van der Waals surface area contributed by atoms with Gasteiger partial charge in [-0.3, -0.25) is 4.79 Å². The summed E-state index contributed by atoms with van der Waals surface area (Å²) in [6.07, 6.45) is 0.971. The van der Waals surface area contributed by atoms with Gasteiger partial charge in [0.1, 0.15) is 6.04 Å². The van der Waals surface area contributed by atoms with Crippen molar-refractivity contribution in [1.29, 1.82) is 0 Å². The van der Waals surface area contributed by atoms with E-state index in [2.05, 4.69) is 29.7 Å². The molecule has 0 saturated carbocycles. The van der Waals surface area contributed by atoms with Gasteiger partial charge in [0.05, 0.1) is 0 Å². The van der Waals surface area contributed by atoms with Crippen LogP contribution in [0.2, 0.25) is 10.0 Å². The van der Waals surface area contributed by atoms with E-state index in [0.29, 0.717) is 15.7 Å². The molecule has 1 atom stereocenters. The molecule has 3 nitrogen and oxygen atoms in total. The number of benzene rings is 3. The van der Waals surface area contributed by atoms with Crippen molar-refractivity contribution in [3.05, 3.63) is 94.0 Å². The zero-order chi connectivity index (χ0) is 19.2. The third kappa shape index (κ3) is 5.25. The maximum absolute atomic E-state index is 13.0. The summed E-state index contributed by atoms with van der Waals surface area (Å²) in [7, 11) is 0. The van der Waals surface area contributed by atoms with Crippen molar-refractivity contribution in [3.63, 3.8) is 0 Å². The van der Waals surface area contributed by atoms with Gasteiger partial charge < -0.3 is 10.6 Å². The second-order valence-corrected chi connectivity index (χ2v) is 7.06. The maximum atomic E-state index is 13.0. The Morgan fingerprint density at radius 3 is 2.11 bits per heavy atom. The highest BCUT2D eigenvalue weighted by molar-refractivity contribution is 6.35. The summed E-state index contributed by atoms with van der Waals surface area (Å²) in [6, 6.07) is 22.1. The van der Waals surface area contributed by atoms with E-state index in [4.69, 9.17) is 23.2 Å². The summed E-state index contributed by atoms with van der Waals surface area (Å²) in [4.78, 5) is 13.0. The van der Waals surface area contributed by atoms with Crippen molar-refractivity contribution in [1.82, 2.24) is 0 Å². The Bertz CT molecular complexity index is 891. The van der Waals surface area contributed by atoms with Crippen LogP contribution in [0.4, 0.5) is 11.4 Å². The van der Waals surface area contributed by atoms with Gasteiger partial charge in [-0.05, 0) is 47.9 Å². The standard InChI is InChI=1S/C22H20Cl2N2O/c1-2-15-8-10-19(11-9-15)25-21(16-6-4-3-5-7-16)22(27)26-20-13-17(23)12-18(24)14-20/h3-14,21,25H,2H2,1H3,(H,26,27)/t21-/m0/s1. The van der Waals surface area contributed by atoms with Crippen molar-refractivity contribution >= 4 is 40.5 Å². The number of amides is 1. The molecule has 0 aliphatic carbocycles. The highest BCUT2D eigenvalue weighted by Gasteiger charge is 2.21. The first-order valence-corrected chi connectivity index (χ1v) is 9.48.